The van der Waals surface area contributed by atoms with Gasteiger partial charge in [0.05, 0.1) is 36.9 Å². The number of fused-ring (bicyclic) bond motifs is 2. The molecule has 13 N–H and O–H groups in total. The summed E-state index contributed by atoms with van der Waals surface area (Å²) < 4.78 is 49.5. The number of nitrogens with one attached hydrogen (secondary N) is 5. The zero-order valence-electron chi connectivity index (χ0n) is 42.4. The topological polar surface area (TPSA) is 412 Å². The Morgan fingerprint density at radius 3 is 2.01 bits per heavy atom. The highest BCUT2D eigenvalue weighted by molar-refractivity contribution is 7.81. The first kappa shape index (κ1) is 59.8. The van der Waals surface area contributed by atoms with Crippen LogP contribution in [-0.2, 0) is 68.3 Å². The third-order valence-corrected chi connectivity index (χ3v) is 13.6. The highest BCUT2D eigenvalue weighted by Crippen LogP contribution is 2.32. The normalized spacial score (nSPS) is 26.6. The lowest BCUT2D eigenvalue weighted by atomic mass is 10.0. The van der Waals surface area contributed by atoms with Gasteiger partial charge >= 0.3 is 16.5 Å². The van der Waals surface area contributed by atoms with Crippen LogP contribution in [-0.4, -0.2) is 182 Å². The van der Waals surface area contributed by atoms with Crippen molar-refractivity contribution in [3.8, 4) is 11.5 Å². The Bertz CT molecular complexity index is 2760. The summed E-state index contributed by atoms with van der Waals surface area (Å²) in [6.07, 6.45) is -12.5. The zero-order chi connectivity index (χ0) is 57.0. The van der Waals surface area contributed by atoms with Crippen LogP contribution in [0.4, 0.5) is 4.79 Å². The molecule has 0 aromatic heterocycles. The van der Waals surface area contributed by atoms with Crippen LogP contribution in [0, 0.1) is 5.92 Å². The Morgan fingerprint density at radius 2 is 1.38 bits per heavy atom. The van der Waals surface area contributed by atoms with E-state index >= 15 is 0 Å². The van der Waals surface area contributed by atoms with Gasteiger partial charge in [0.25, 0.3) is 0 Å². The van der Waals surface area contributed by atoms with Gasteiger partial charge in [-0.25, -0.2) is 4.79 Å². The summed E-state index contributed by atoms with van der Waals surface area (Å²) >= 11 is 0. The molecule has 0 bridgehead atoms. The van der Waals surface area contributed by atoms with Crippen LogP contribution in [0.15, 0.2) is 78.9 Å². The Hall–Kier alpha value is -7.47. The molecule has 0 saturated carbocycles. The highest BCUT2D eigenvalue weighted by Gasteiger charge is 2.49. The molecule has 78 heavy (non-hydrogen) atoms. The molecule has 0 aliphatic carbocycles. The Balaban J connectivity index is 1.37. The number of nitrogens with two attached hydrogens (primary N) is 1. The minimum Gasteiger partial charge on any atom is -0.485 e. The lowest BCUT2D eigenvalue weighted by molar-refractivity contribution is -0.147. The van der Waals surface area contributed by atoms with Crippen molar-refractivity contribution in [1.82, 2.24) is 36.4 Å². The van der Waals surface area contributed by atoms with Crippen molar-refractivity contribution in [1.29, 1.82) is 0 Å². The molecular formula is C50H64N8O19S. The van der Waals surface area contributed by atoms with Gasteiger partial charge in [0.15, 0.2) is 11.5 Å². The summed E-state index contributed by atoms with van der Waals surface area (Å²) in [5, 5.41) is 67.7. The number of nitrogens with zero attached hydrogens (tertiary/aromatic N) is 2. The van der Waals surface area contributed by atoms with Gasteiger partial charge in [-0.3, -0.25) is 38.1 Å². The van der Waals surface area contributed by atoms with E-state index in [9.17, 15) is 76.9 Å². The molecule has 6 rings (SSSR count). The van der Waals surface area contributed by atoms with Crippen molar-refractivity contribution in [3.05, 3.63) is 95.6 Å². The van der Waals surface area contributed by atoms with Gasteiger partial charge in [-0.15, -0.1) is 0 Å². The zero-order valence-corrected chi connectivity index (χ0v) is 43.2. The fraction of sp³-hybridized carbons (Fsp3) is 0.480. The summed E-state index contributed by atoms with van der Waals surface area (Å²) in [4.78, 5) is 113. The first-order valence-corrected chi connectivity index (χ1v) is 26.2. The number of aliphatic hydroxyl groups is 5. The molecule has 2 unspecified atom stereocenters. The number of benzene rings is 3. The van der Waals surface area contributed by atoms with E-state index in [1.807, 2.05) is 0 Å². The van der Waals surface area contributed by atoms with E-state index in [0.29, 0.717) is 11.1 Å². The number of β-amino-alcohol motifs (C(OH)–C–C–N with tert-alkyl or cyclic N) is 1. The van der Waals surface area contributed by atoms with Gasteiger partial charge in [-0.05, 0) is 48.6 Å². The SMILES string of the molecule is C[C@H](O)[C@@H]1NC(=O)[C@@H](NC(=O)OCc2ccccc2)C[C@@H](O)CNC(=O)[C@@H]2[C@@H](O)[C@@H](C)CN2C(=O)[C@H](C(O)CC(N)=O)NC(=O)C(CCc2ccc(OCc3ccccc3)c(OS(=O)(=O)O)c2)NC(=O)[C@@H]2C[C@@H](O)CN2C1=O. The molecule has 12 atom stereocenters. The van der Waals surface area contributed by atoms with Gasteiger partial charge in [0.1, 0.15) is 49.5 Å². The standard InChI is InChI=1S/C50H64N8O19S/c1-26-22-58-42(43(26)64)47(68)52-21-31(60)18-34(54-50(71)76-25-30-11-7-4-8-12-30)45(66)55-40(27(2)59)48(69)57-23-32(61)19-35(57)46(67)53-33(44(65)56-41(49(58)70)36(62)20-39(51)63)15-13-28-14-16-37(38(17-28)77-78(72,73)74)75-24-29-9-5-3-6-10-29/h3-12,14,16-17,26-27,31-36,40-43,59-62,64H,13,15,18-25H2,1-2H3,(H2,51,63)(H,52,68)(H,53,67)(H,54,71)(H,55,66)(H,56,65)(H,72,73,74)/t26-,27-,31+,32+,33?,34-,35-,36?,40-,41-,42-,43-/m0/s1. The Kier molecular flexibility index (Phi) is 20.5. The molecule has 3 aromatic carbocycles. The number of aryl methyl sites for hydroxylation is 1. The third kappa shape index (κ3) is 16.3. The number of hydrogen-bond acceptors (Lipinski definition) is 18. The van der Waals surface area contributed by atoms with E-state index in [0.717, 1.165) is 22.8 Å². The van der Waals surface area contributed by atoms with E-state index < -0.39 is 175 Å². The number of hydrogen-bond donors (Lipinski definition) is 12. The summed E-state index contributed by atoms with van der Waals surface area (Å²) in [5.41, 5.74) is 6.85. The second-order valence-electron chi connectivity index (χ2n) is 19.3. The number of carbonyl (C=O) groups excluding carboxylic acids is 8. The van der Waals surface area contributed by atoms with Gasteiger partial charge < -0.3 is 81.3 Å². The van der Waals surface area contributed by atoms with Crippen LogP contribution < -0.4 is 41.2 Å². The van der Waals surface area contributed by atoms with E-state index in [1.54, 1.807) is 60.7 Å². The molecule has 3 fully saturated rings. The number of alkyl carbamates (subject to hydrolysis) is 1. The molecule has 3 aromatic rings. The average molecular weight is 1110 g/mol. The van der Waals surface area contributed by atoms with E-state index in [-0.39, 0.29) is 37.5 Å². The van der Waals surface area contributed by atoms with Gasteiger partial charge in [0.2, 0.25) is 41.4 Å². The molecule has 0 radical (unpaired) electrons. The summed E-state index contributed by atoms with van der Waals surface area (Å²) in [6.45, 7) is 0.654. The minimum absolute atomic E-state index is 0.0644. The van der Waals surface area contributed by atoms with Crippen LogP contribution in [0.25, 0.3) is 0 Å². The lowest BCUT2D eigenvalue weighted by Gasteiger charge is -2.33. The van der Waals surface area contributed by atoms with E-state index in [1.165, 1.54) is 19.1 Å². The number of ether oxygens (including phenoxy) is 2. The van der Waals surface area contributed by atoms with Crippen molar-refractivity contribution in [2.45, 2.75) is 126 Å². The summed E-state index contributed by atoms with van der Waals surface area (Å²) in [7, 11) is -5.15. The van der Waals surface area contributed by atoms with Crippen molar-refractivity contribution >= 4 is 57.8 Å². The molecule has 424 valence electrons. The van der Waals surface area contributed by atoms with E-state index in [2.05, 4.69) is 26.6 Å². The monoisotopic (exact) mass is 1110 g/mol. The summed E-state index contributed by atoms with van der Waals surface area (Å²) in [5.74, 6) is -9.52. The molecule has 3 saturated heterocycles. The number of primary amides is 1. The van der Waals surface area contributed by atoms with Crippen LogP contribution >= 0.6 is 0 Å². The van der Waals surface area contributed by atoms with Gasteiger partial charge in [-0.1, -0.05) is 73.7 Å². The minimum atomic E-state index is -5.15. The number of rotatable bonds is 15. The molecule has 3 aliphatic heterocycles. The second kappa shape index (κ2) is 26.7. The van der Waals surface area contributed by atoms with Crippen LogP contribution in [0.1, 0.15) is 56.2 Å². The third-order valence-electron chi connectivity index (χ3n) is 13.2. The molecule has 27 nitrogen and oxygen atoms in total. The average Bonchev–Trinajstić information content (AvgIpc) is 3.94. The van der Waals surface area contributed by atoms with Crippen LogP contribution in [0.2, 0.25) is 0 Å². The Labute approximate surface area is 447 Å². The summed E-state index contributed by atoms with van der Waals surface area (Å²) in [6, 6.07) is 9.99. The first-order chi connectivity index (χ1) is 36.9. The fourth-order valence-corrected chi connectivity index (χ4v) is 9.52. The molecular weight excluding hydrogens is 1050 g/mol. The smallest absolute Gasteiger partial charge is 0.446 e. The van der Waals surface area contributed by atoms with Crippen molar-refractivity contribution in [2.24, 2.45) is 11.7 Å². The number of aliphatic hydroxyl groups excluding tert-OH is 5. The predicted molar refractivity (Wildman–Crippen MR) is 269 cm³/mol. The maximum absolute atomic E-state index is 14.6. The maximum atomic E-state index is 14.6. The largest absolute Gasteiger partial charge is 0.485 e. The van der Waals surface area contributed by atoms with Crippen LogP contribution in [0.3, 0.4) is 0 Å². The van der Waals surface area contributed by atoms with E-state index in [4.69, 9.17) is 19.4 Å². The van der Waals surface area contributed by atoms with Crippen molar-refractivity contribution in [2.75, 3.05) is 19.6 Å². The predicted octanol–water partition coefficient (Wildman–Crippen LogP) is -3.20. The molecule has 3 aliphatic rings. The Morgan fingerprint density at radius 1 is 0.756 bits per heavy atom. The number of carbonyl (C=O) groups is 8. The number of amides is 8. The highest BCUT2D eigenvalue weighted by atomic mass is 32.3. The first-order valence-electron chi connectivity index (χ1n) is 24.8. The van der Waals surface area contributed by atoms with Crippen molar-refractivity contribution < 1.29 is 90.5 Å². The maximum Gasteiger partial charge on any atom is 0.446 e. The molecule has 0 spiro atoms. The van der Waals surface area contributed by atoms with Crippen molar-refractivity contribution in [3.63, 3.8) is 0 Å². The fourth-order valence-electron chi connectivity index (χ4n) is 9.16. The van der Waals surface area contributed by atoms with Gasteiger partial charge in [0, 0.05) is 38.4 Å². The second-order valence-corrected chi connectivity index (χ2v) is 20.3. The molecule has 8 amide bonds. The quantitative estimate of drug-likeness (QED) is 0.0667. The van der Waals surface area contributed by atoms with Gasteiger partial charge in [-0.2, -0.15) is 8.42 Å². The lowest BCUT2D eigenvalue weighted by Crippen LogP contribution is -2.62. The van der Waals surface area contributed by atoms with Crippen LogP contribution in [0.5, 0.6) is 11.5 Å². The molecule has 3 heterocycles. The molecule has 28 heteroatoms.